The Kier molecular flexibility index (Phi) is 5.88. The molecule has 2 N–H and O–H groups in total. The van der Waals surface area contributed by atoms with Gasteiger partial charge in [0.15, 0.2) is 0 Å². The standard InChI is InChI=1S/C12H24N2O3/c1-13(2)8-10-3-5-14(6-4-10)9-11(15)7-12(16)17/h10-11,15H,3-9H2,1-2H3,(H,16,17). The van der Waals surface area contributed by atoms with Crippen molar-refractivity contribution in [3.05, 3.63) is 0 Å². The number of β-amino-alcohol motifs (C(OH)–C–C–N with tert-alkyl or cyclic N) is 1. The van der Waals surface area contributed by atoms with Crippen LogP contribution in [0.2, 0.25) is 0 Å². The van der Waals surface area contributed by atoms with E-state index in [9.17, 15) is 9.90 Å². The maximum absolute atomic E-state index is 10.4. The number of aliphatic carboxylic acids is 1. The lowest BCUT2D eigenvalue weighted by atomic mass is 9.96. The molecule has 0 amide bonds. The number of hydrogen-bond acceptors (Lipinski definition) is 4. The van der Waals surface area contributed by atoms with Gasteiger partial charge in [-0.15, -0.1) is 0 Å². The third kappa shape index (κ3) is 6.00. The van der Waals surface area contributed by atoms with Crippen LogP contribution in [0.15, 0.2) is 0 Å². The maximum Gasteiger partial charge on any atom is 0.306 e. The first-order chi connectivity index (χ1) is 7.97. The number of carbonyl (C=O) groups is 1. The number of aliphatic hydroxyl groups excluding tert-OH is 1. The van der Waals surface area contributed by atoms with Crippen LogP contribution in [0.3, 0.4) is 0 Å². The van der Waals surface area contributed by atoms with Gasteiger partial charge in [-0.25, -0.2) is 0 Å². The molecule has 0 bridgehead atoms. The van der Waals surface area contributed by atoms with Crippen molar-refractivity contribution >= 4 is 5.97 Å². The van der Waals surface area contributed by atoms with Gasteiger partial charge in [-0.2, -0.15) is 0 Å². The number of piperidine rings is 1. The topological polar surface area (TPSA) is 64.0 Å². The fourth-order valence-electron chi connectivity index (χ4n) is 2.43. The SMILES string of the molecule is CN(C)CC1CCN(CC(O)CC(=O)O)CC1. The predicted molar refractivity (Wildman–Crippen MR) is 66.0 cm³/mol. The summed E-state index contributed by atoms with van der Waals surface area (Å²) in [7, 11) is 4.17. The van der Waals surface area contributed by atoms with E-state index in [0.29, 0.717) is 6.54 Å². The first-order valence-electron chi connectivity index (χ1n) is 6.24. The summed E-state index contributed by atoms with van der Waals surface area (Å²) in [5, 5.41) is 18.1. The van der Waals surface area contributed by atoms with Gasteiger partial charge in [0.25, 0.3) is 0 Å². The zero-order valence-corrected chi connectivity index (χ0v) is 10.8. The van der Waals surface area contributed by atoms with Crippen molar-refractivity contribution in [3.8, 4) is 0 Å². The average molecular weight is 244 g/mol. The molecule has 0 saturated carbocycles. The van der Waals surface area contributed by atoms with Crippen molar-refractivity contribution in [2.45, 2.75) is 25.4 Å². The van der Waals surface area contributed by atoms with Crippen LogP contribution in [0.1, 0.15) is 19.3 Å². The van der Waals surface area contributed by atoms with Crippen LogP contribution in [0.4, 0.5) is 0 Å². The quantitative estimate of drug-likeness (QED) is 0.693. The van der Waals surface area contributed by atoms with E-state index in [0.717, 1.165) is 38.4 Å². The molecule has 1 rings (SSSR count). The highest BCUT2D eigenvalue weighted by atomic mass is 16.4. The van der Waals surface area contributed by atoms with E-state index in [4.69, 9.17) is 5.11 Å². The summed E-state index contributed by atoms with van der Waals surface area (Å²) in [6.07, 6.45) is 1.38. The highest BCUT2D eigenvalue weighted by Crippen LogP contribution is 2.18. The molecule has 0 aromatic rings. The lowest BCUT2D eigenvalue weighted by molar-refractivity contribution is -0.139. The largest absolute Gasteiger partial charge is 0.481 e. The van der Waals surface area contributed by atoms with E-state index in [1.165, 1.54) is 0 Å². The fraction of sp³-hybridized carbons (Fsp3) is 0.917. The summed E-state index contributed by atoms with van der Waals surface area (Å²) in [4.78, 5) is 14.8. The van der Waals surface area contributed by atoms with Gasteiger partial charge in [0.05, 0.1) is 12.5 Å². The summed E-state index contributed by atoms with van der Waals surface area (Å²) in [6, 6.07) is 0. The highest BCUT2D eigenvalue weighted by Gasteiger charge is 2.22. The Balaban J connectivity index is 2.20. The van der Waals surface area contributed by atoms with Crippen molar-refractivity contribution < 1.29 is 15.0 Å². The third-order valence-corrected chi connectivity index (χ3v) is 3.21. The van der Waals surface area contributed by atoms with E-state index < -0.39 is 12.1 Å². The first-order valence-corrected chi connectivity index (χ1v) is 6.24. The minimum atomic E-state index is -0.931. The highest BCUT2D eigenvalue weighted by molar-refractivity contribution is 5.67. The van der Waals surface area contributed by atoms with Crippen LogP contribution in [-0.4, -0.2) is 72.4 Å². The molecular weight excluding hydrogens is 220 g/mol. The molecule has 1 fully saturated rings. The monoisotopic (exact) mass is 244 g/mol. The Morgan fingerprint density at radius 2 is 2.00 bits per heavy atom. The Morgan fingerprint density at radius 3 is 2.47 bits per heavy atom. The Labute approximate surface area is 103 Å². The van der Waals surface area contributed by atoms with E-state index in [1.807, 2.05) is 0 Å². The zero-order valence-electron chi connectivity index (χ0n) is 10.8. The number of carboxylic acids is 1. The molecule has 1 unspecified atom stereocenters. The number of hydrogen-bond donors (Lipinski definition) is 2. The lowest BCUT2D eigenvalue weighted by Crippen LogP contribution is -2.41. The molecule has 0 aromatic carbocycles. The molecule has 0 aliphatic carbocycles. The van der Waals surface area contributed by atoms with E-state index in [1.54, 1.807) is 0 Å². The molecule has 1 heterocycles. The summed E-state index contributed by atoms with van der Waals surface area (Å²) in [5.41, 5.74) is 0. The Morgan fingerprint density at radius 1 is 1.41 bits per heavy atom. The molecular formula is C12H24N2O3. The third-order valence-electron chi connectivity index (χ3n) is 3.21. The van der Waals surface area contributed by atoms with E-state index >= 15 is 0 Å². The van der Waals surface area contributed by atoms with E-state index in [2.05, 4.69) is 23.9 Å². The van der Waals surface area contributed by atoms with Crippen LogP contribution in [0.25, 0.3) is 0 Å². The zero-order chi connectivity index (χ0) is 12.8. The van der Waals surface area contributed by atoms with E-state index in [-0.39, 0.29) is 6.42 Å². The van der Waals surface area contributed by atoms with Gasteiger partial charge >= 0.3 is 5.97 Å². The molecule has 1 aliphatic rings. The molecule has 5 heteroatoms. The smallest absolute Gasteiger partial charge is 0.306 e. The Hall–Kier alpha value is -0.650. The molecule has 1 saturated heterocycles. The van der Waals surface area contributed by atoms with Gasteiger partial charge < -0.3 is 20.0 Å². The normalized spacial score (nSPS) is 20.7. The van der Waals surface area contributed by atoms with Gasteiger partial charge in [0.1, 0.15) is 0 Å². The van der Waals surface area contributed by atoms with Gasteiger partial charge in [0, 0.05) is 13.1 Å². The molecule has 0 radical (unpaired) electrons. The van der Waals surface area contributed by atoms with Gasteiger partial charge in [-0.1, -0.05) is 0 Å². The molecule has 5 nitrogen and oxygen atoms in total. The number of aliphatic hydroxyl groups is 1. The van der Waals surface area contributed by atoms with Gasteiger partial charge in [-0.3, -0.25) is 4.79 Å². The summed E-state index contributed by atoms with van der Waals surface area (Å²) in [6.45, 7) is 3.54. The maximum atomic E-state index is 10.4. The molecule has 1 aliphatic heterocycles. The second-order valence-electron chi connectivity index (χ2n) is 5.26. The van der Waals surface area contributed by atoms with Crippen molar-refractivity contribution in [2.24, 2.45) is 5.92 Å². The van der Waals surface area contributed by atoms with Gasteiger partial charge in [0.2, 0.25) is 0 Å². The minimum absolute atomic E-state index is 0.155. The van der Waals surface area contributed by atoms with Crippen molar-refractivity contribution in [1.82, 2.24) is 9.80 Å². The number of rotatable bonds is 6. The van der Waals surface area contributed by atoms with Crippen molar-refractivity contribution in [1.29, 1.82) is 0 Å². The van der Waals surface area contributed by atoms with Crippen molar-refractivity contribution in [2.75, 3.05) is 40.3 Å². The first kappa shape index (κ1) is 14.4. The van der Waals surface area contributed by atoms with Crippen LogP contribution in [-0.2, 0) is 4.79 Å². The number of likely N-dealkylation sites (tertiary alicyclic amines) is 1. The molecule has 0 spiro atoms. The predicted octanol–water partition coefficient (Wildman–Crippen LogP) is 0.0956. The lowest BCUT2D eigenvalue weighted by Gasteiger charge is -2.34. The molecule has 17 heavy (non-hydrogen) atoms. The number of carboxylic acid groups (broad SMARTS) is 1. The van der Waals surface area contributed by atoms with Crippen LogP contribution in [0.5, 0.6) is 0 Å². The summed E-state index contributed by atoms with van der Waals surface area (Å²) in [5.74, 6) is -0.196. The fourth-order valence-corrected chi connectivity index (χ4v) is 2.43. The number of nitrogens with zero attached hydrogens (tertiary/aromatic N) is 2. The van der Waals surface area contributed by atoms with Crippen molar-refractivity contribution in [3.63, 3.8) is 0 Å². The molecule has 0 aromatic heterocycles. The Bertz CT molecular complexity index is 238. The average Bonchev–Trinajstić information content (AvgIpc) is 2.18. The van der Waals surface area contributed by atoms with Crippen LogP contribution in [0, 0.1) is 5.92 Å². The summed E-state index contributed by atoms with van der Waals surface area (Å²) < 4.78 is 0. The van der Waals surface area contributed by atoms with Crippen LogP contribution < -0.4 is 0 Å². The molecule has 100 valence electrons. The van der Waals surface area contributed by atoms with Gasteiger partial charge in [-0.05, 0) is 45.9 Å². The second kappa shape index (κ2) is 6.93. The molecule has 1 atom stereocenters. The van der Waals surface area contributed by atoms with Crippen LogP contribution >= 0.6 is 0 Å². The summed E-state index contributed by atoms with van der Waals surface area (Å²) >= 11 is 0. The minimum Gasteiger partial charge on any atom is -0.481 e. The second-order valence-corrected chi connectivity index (χ2v) is 5.26.